The molecule has 7 heteroatoms. The van der Waals surface area contributed by atoms with Gasteiger partial charge >= 0.3 is 6.03 Å². The quantitative estimate of drug-likeness (QED) is 0.740. The van der Waals surface area contributed by atoms with Crippen LogP contribution in [0.25, 0.3) is 0 Å². The summed E-state index contributed by atoms with van der Waals surface area (Å²) in [6, 6.07) is 10.7. The predicted octanol–water partition coefficient (Wildman–Crippen LogP) is 3.29. The molecule has 2 aromatic rings. The highest BCUT2D eigenvalue weighted by Gasteiger charge is 2.08. The molecule has 0 aliphatic rings. The monoisotopic (exact) mass is 359 g/mol. The van der Waals surface area contributed by atoms with Gasteiger partial charge in [0.15, 0.2) is 11.6 Å². The highest BCUT2D eigenvalue weighted by Crippen LogP contribution is 2.17. The third-order valence-corrected chi connectivity index (χ3v) is 3.49. The van der Waals surface area contributed by atoms with Crippen LogP contribution in [-0.2, 0) is 6.54 Å². The molecule has 0 saturated heterocycles. The van der Waals surface area contributed by atoms with Crippen LogP contribution in [0.4, 0.5) is 14.9 Å². The van der Waals surface area contributed by atoms with Crippen molar-refractivity contribution < 1.29 is 18.7 Å². The molecule has 0 radical (unpaired) electrons. The van der Waals surface area contributed by atoms with E-state index in [1.165, 1.54) is 19.2 Å². The highest BCUT2D eigenvalue weighted by molar-refractivity contribution is 5.95. The third kappa shape index (κ3) is 5.47. The van der Waals surface area contributed by atoms with Gasteiger partial charge in [0.2, 0.25) is 0 Å². The van der Waals surface area contributed by atoms with Gasteiger partial charge in [-0.05, 0) is 55.8 Å². The van der Waals surface area contributed by atoms with E-state index in [1.807, 2.05) is 13.8 Å². The van der Waals surface area contributed by atoms with Crippen LogP contribution in [0.1, 0.15) is 29.8 Å². The van der Waals surface area contributed by atoms with Crippen molar-refractivity contribution in [3.63, 3.8) is 0 Å². The Labute approximate surface area is 151 Å². The van der Waals surface area contributed by atoms with Gasteiger partial charge in [-0.25, -0.2) is 9.18 Å². The Morgan fingerprint density at radius 1 is 1.12 bits per heavy atom. The van der Waals surface area contributed by atoms with Gasteiger partial charge in [-0.3, -0.25) is 4.79 Å². The van der Waals surface area contributed by atoms with Crippen LogP contribution in [0.15, 0.2) is 42.5 Å². The highest BCUT2D eigenvalue weighted by atomic mass is 19.1. The van der Waals surface area contributed by atoms with Crippen LogP contribution in [0, 0.1) is 5.82 Å². The minimum Gasteiger partial charge on any atom is -0.494 e. The lowest BCUT2D eigenvalue weighted by Gasteiger charge is -2.11. The van der Waals surface area contributed by atoms with Gasteiger partial charge < -0.3 is 20.7 Å². The lowest BCUT2D eigenvalue weighted by atomic mass is 10.1. The van der Waals surface area contributed by atoms with Crippen molar-refractivity contribution in [3.05, 3.63) is 59.4 Å². The molecule has 2 aromatic carbocycles. The summed E-state index contributed by atoms with van der Waals surface area (Å²) in [6.07, 6.45) is 0. The number of carbonyl (C=O) groups excluding carboxylic acids is 2. The smallest absolute Gasteiger partial charge is 0.319 e. The van der Waals surface area contributed by atoms with Crippen LogP contribution < -0.4 is 20.7 Å². The second kappa shape index (κ2) is 8.84. The van der Waals surface area contributed by atoms with Gasteiger partial charge in [0.1, 0.15) is 0 Å². The number of rotatable bonds is 6. The van der Waals surface area contributed by atoms with E-state index in [2.05, 4.69) is 16.0 Å². The molecule has 2 rings (SSSR count). The minimum absolute atomic E-state index is 0.0304. The minimum atomic E-state index is -0.477. The van der Waals surface area contributed by atoms with E-state index in [9.17, 15) is 14.0 Å². The van der Waals surface area contributed by atoms with Crippen molar-refractivity contribution in [3.8, 4) is 5.75 Å². The molecule has 0 fully saturated rings. The standard InChI is InChI=1S/C19H22FN3O3/c1-12(2)22-19(25)23-15-7-5-14(6-8-15)18(24)21-11-13-4-9-17(26-3)16(20)10-13/h4-10,12H,11H2,1-3H3,(H,21,24)(H2,22,23,25). The number of carbonyl (C=O) groups is 2. The molecule has 6 nitrogen and oxygen atoms in total. The van der Waals surface area contributed by atoms with Gasteiger partial charge in [-0.2, -0.15) is 0 Å². The maximum absolute atomic E-state index is 13.6. The van der Waals surface area contributed by atoms with E-state index < -0.39 is 5.82 Å². The van der Waals surface area contributed by atoms with E-state index in [4.69, 9.17) is 4.74 Å². The number of ether oxygens (including phenoxy) is 1. The molecule has 0 aliphatic carbocycles. The van der Waals surface area contributed by atoms with E-state index in [0.29, 0.717) is 16.8 Å². The SMILES string of the molecule is COc1ccc(CNC(=O)c2ccc(NC(=O)NC(C)C)cc2)cc1F. The molecule has 0 aliphatic heterocycles. The van der Waals surface area contributed by atoms with Crippen molar-refractivity contribution in [1.82, 2.24) is 10.6 Å². The van der Waals surface area contributed by atoms with Gasteiger partial charge in [0, 0.05) is 23.8 Å². The zero-order valence-electron chi connectivity index (χ0n) is 14.9. The van der Waals surface area contributed by atoms with Crippen LogP contribution in [0.2, 0.25) is 0 Å². The Hall–Kier alpha value is -3.09. The molecular weight excluding hydrogens is 337 g/mol. The molecule has 0 spiro atoms. The summed E-state index contributed by atoms with van der Waals surface area (Å²) in [5.41, 5.74) is 1.64. The Morgan fingerprint density at radius 3 is 2.38 bits per heavy atom. The number of urea groups is 1. The zero-order valence-corrected chi connectivity index (χ0v) is 14.9. The lowest BCUT2D eigenvalue weighted by molar-refractivity contribution is 0.0951. The summed E-state index contributed by atoms with van der Waals surface area (Å²) in [4.78, 5) is 23.8. The number of amides is 3. The van der Waals surface area contributed by atoms with E-state index in [1.54, 1.807) is 30.3 Å². The zero-order chi connectivity index (χ0) is 19.1. The summed E-state index contributed by atoms with van der Waals surface area (Å²) in [7, 11) is 1.39. The number of nitrogens with one attached hydrogen (secondary N) is 3. The molecule has 0 heterocycles. The summed E-state index contributed by atoms with van der Waals surface area (Å²) in [6.45, 7) is 3.92. The number of anilines is 1. The first-order valence-electron chi connectivity index (χ1n) is 8.17. The van der Waals surface area contributed by atoms with Crippen molar-refractivity contribution in [2.24, 2.45) is 0 Å². The summed E-state index contributed by atoms with van der Waals surface area (Å²) >= 11 is 0. The largest absolute Gasteiger partial charge is 0.494 e. The van der Waals surface area contributed by atoms with Crippen molar-refractivity contribution in [2.75, 3.05) is 12.4 Å². The van der Waals surface area contributed by atoms with Crippen molar-refractivity contribution >= 4 is 17.6 Å². The molecule has 3 amide bonds. The van der Waals surface area contributed by atoms with Gasteiger partial charge in [0.25, 0.3) is 5.91 Å². The van der Waals surface area contributed by atoms with Gasteiger partial charge in [-0.15, -0.1) is 0 Å². The van der Waals surface area contributed by atoms with E-state index in [-0.39, 0.29) is 30.3 Å². The Bertz CT molecular complexity index is 776. The number of benzene rings is 2. The third-order valence-electron chi connectivity index (χ3n) is 3.49. The fourth-order valence-corrected chi connectivity index (χ4v) is 2.24. The number of hydrogen-bond acceptors (Lipinski definition) is 3. The first-order chi connectivity index (χ1) is 12.4. The molecule has 3 N–H and O–H groups in total. The maximum atomic E-state index is 13.6. The second-order valence-corrected chi connectivity index (χ2v) is 5.98. The maximum Gasteiger partial charge on any atom is 0.319 e. The Kier molecular flexibility index (Phi) is 6.54. The van der Waals surface area contributed by atoms with Gasteiger partial charge in [-0.1, -0.05) is 6.07 Å². The fraction of sp³-hybridized carbons (Fsp3) is 0.263. The fourth-order valence-electron chi connectivity index (χ4n) is 2.24. The van der Waals surface area contributed by atoms with Crippen LogP contribution in [0.5, 0.6) is 5.75 Å². The molecule has 0 saturated carbocycles. The van der Waals surface area contributed by atoms with Crippen LogP contribution in [0.3, 0.4) is 0 Å². The molecule has 0 bridgehead atoms. The summed E-state index contributed by atoms with van der Waals surface area (Å²) < 4.78 is 18.5. The summed E-state index contributed by atoms with van der Waals surface area (Å²) in [5, 5.41) is 8.11. The first kappa shape index (κ1) is 19.2. The molecule has 138 valence electrons. The van der Waals surface area contributed by atoms with Crippen molar-refractivity contribution in [1.29, 1.82) is 0 Å². The number of methoxy groups -OCH3 is 1. The van der Waals surface area contributed by atoms with Gasteiger partial charge in [0.05, 0.1) is 7.11 Å². The lowest BCUT2D eigenvalue weighted by Crippen LogP contribution is -2.34. The van der Waals surface area contributed by atoms with E-state index >= 15 is 0 Å². The average Bonchev–Trinajstić information content (AvgIpc) is 2.59. The second-order valence-electron chi connectivity index (χ2n) is 5.98. The number of hydrogen-bond donors (Lipinski definition) is 3. The normalized spacial score (nSPS) is 10.3. The summed E-state index contributed by atoms with van der Waals surface area (Å²) in [5.74, 6) is -0.613. The van der Waals surface area contributed by atoms with Crippen LogP contribution in [-0.4, -0.2) is 25.1 Å². The molecule has 26 heavy (non-hydrogen) atoms. The first-order valence-corrected chi connectivity index (χ1v) is 8.17. The predicted molar refractivity (Wildman–Crippen MR) is 97.9 cm³/mol. The molecule has 0 aromatic heterocycles. The average molecular weight is 359 g/mol. The van der Waals surface area contributed by atoms with E-state index in [0.717, 1.165) is 0 Å². The number of halogens is 1. The van der Waals surface area contributed by atoms with Crippen LogP contribution >= 0.6 is 0 Å². The molecular formula is C19H22FN3O3. The Balaban J connectivity index is 1.91. The van der Waals surface area contributed by atoms with Crippen molar-refractivity contribution in [2.45, 2.75) is 26.4 Å². The molecule has 0 unspecified atom stereocenters. The Morgan fingerprint density at radius 2 is 1.81 bits per heavy atom. The topological polar surface area (TPSA) is 79.5 Å². The molecule has 0 atom stereocenters.